The Balaban J connectivity index is 1.19. The molecular formula is C40H36N10S2. The van der Waals surface area contributed by atoms with Gasteiger partial charge in [0.05, 0.1) is 11.4 Å². The minimum atomic E-state index is -0.297. The van der Waals surface area contributed by atoms with Gasteiger partial charge in [-0.05, 0) is 59.8 Å². The van der Waals surface area contributed by atoms with E-state index in [-0.39, 0.29) is 33.6 Å². The van der Waals surface area contributed by atoms with E-state index in [0.29, 0.717) is 32.9 Å². The highest BCUT2D eigenvalue weighted by Gasteiger charge is 2.39. The van der Waals surface area contributed by atoms with Crippen molar-refractivity contribution in [3.05, 3.63) is 105 Å². The van der Waals surface area contributed by atoms with Crippen LogP contribution < -0.4 is 9.80 Å². The molecule has 0 bridgehead atoms. The second-order valence-corrected chi connectivity index (χ2v) is 15.7. The van der Waals surface area contributed by atoms with Crippen LogP contribution in [0, 0.1) is 45.3 Å². The Morgan fingerprint density at radius 1 is 0.577 bits per heavy atom. The van der Waals surface area contributed by atoms with Crippen LogP contribution in [0.2, 0.25) is 0 Å². The van der Waals surface area contributed by atoms with Gasteiger partial charge in [0.2, 0.25) is 0 Å². The molecule has 2 aliphatic heterocycles. The van der Waals surface area contributed by atoms with E-state index < -0.39 is 0 Å². The Morgan fingerprint density at radius 3 is 1.27 bits per heavy atom. The van der Waals surface area contributed by atoms with Crippen molar-refractivity contribution in [2.45, 2.75) is 61.4 Å². The lowest BCUT2D eigenvalue weighted by molar-refractivity contribution is 0.644. The number of unbranched alkanes of at least 4 members (excludes halogenated alkanes) is 1. The third kappa shape index (κ3) is 6.48. The summed E-state index contributed by atoms with van der Waals surface area (Å²) in [6.45, 7) is 8.66. The van der Waals surface area contributed by atoms with Crippen LogP contribution in [0.4, 0.5) is 11.4 Å². The van der Waals surface area contributed by atoms with Crippen LogP contribution in [0.15, 0.2) is 70.0 Å². The summed E-state index contributed by atoms with van der Waals surface area (Å²) in [6, 6.07) is 24.7. The first kappa shape index (κ1) is 36.1. The molecule has 0 radical (unpaired) electrons. The topological polar surface area (TPSA) is 153 Å². The molecule has 2 aromatic carbocycles. The van der Waals surface area contributed by atoms with E-state index in [9.17, 15) is 21.0 Å². The SMILES string of the molecule is CN1/C(=C\c2nc(C#N)c(C#N)nc2SCCCCSc2nc(C#N)c(C#N)nc2/C=C2\N(C)c3ccccc3C2(C)C)C(C)(C)c2ccccc21. The highest BCUT2D eigenvalue weighted by atomic mass is 32.2. The number of nitriles is 4. The summed E-state index contributed by atoms with van der Waals surface area (Å²) in [5.74, 6) is 1.41. The van der Waals surface area contributed by atoms with Gasteiger partial charge in [0.25, 0.3) is 0 Å². The molecule has 2 aromatic heterocycles. The smallest absolute Gasteiger partial charge is 0.178 e. The lowest BCUT2D eigenvalue weighted by Gasteiger charge is -2.24. The van der Waals surface area contributed by atoms with Crippen molar-refractivity contribution in [1.82, 2.24) is 19.9 Å². The molecule has 12 heteroatoms. The van der Waals surface area contributed by atoms with E-state index in [0.717, 1.165) is 35.6 Å². The largest absolute Gasteiger partial charge is 0.347 e. The van der Waals surface area contributed by atoms with Crippen LogP contribution in [-0.4, -0.2) is 45.5 Å². The lowest BCUT2D eigenvalue weighted by Crippen LogP contribution is -2.23. The molecule has 0 aliphatic carbocycles. The van der Waals surface area contributed by atoms with Crippen LogP contribution in [0.5, 0.6) is 0 Å². The lowest BCUT2D eigenvalue weighted by atomic mass is 9.83. The molecular weight excluding hydrogens is 685 g/mol. The molecule has 4 aromatic rings. The van der Waals surface area contributed by atoms with Crippen molar-refractivity contribution >= 4 is 47.1 Å². The van der Waals surface area contributed by atoms with E-state index in [2.05, 4.69) is 81.7 Å². The van der Waals surface area contributed by atoms with Gasteiger partial charge in [-0.25, -0.2) is 19.9 Å². The molecule has 6 rings (SSSR count). The molecule has 258 valence electrons. The highest BCUT2D eigenvalue weighted by Crippen LogP contribution is 2.49. The van der Waals surface area contributed by atoms with E-state index in [1.165, 1.54) is 34.7 Å². The first-order chi connectivity index (χ1) is 25.0. The second-order valence-electron chi connectivity index (χ2n) is 13.5. The van der Waals surface area contributed by atoms with E-state index >= 15 is 0 Å². The van der Waals surface area contributed by atoms with Gasteiger partial charge in [-0.3, -0.25) is 0 Å². The minimum absolute atomic E-state index is 0.00757. The molecule has 52 heavy (non-hydrogen) atoms. The number of fused-ring (bicyclic) bond motifs is 2. The minimum Gasteiger partial charge on any atom is -0.347 e. The third-order valence-corrected chi connectivity index (χ3v) is 11.8. The van der Waals surface area contributed by atoms with Gasteiger partial charge in [-0.15, -0.1) is 23.5 Å². The number of para-hydroxylation sites is 2. The molecule has 0 saturated heterocycles. The average Bonchev–Trinajstić information content (AvgIpc) is 3.47. The van der Waals surface area contributed by atoms with Crippen LogP contribution in [0.1, 0.15) is 85.8 Å². The maximum Gasteiger partial charge on any atom is 0.178 e. The predicted molar refractivity (Wildman–Crippen MR) is 205 cm³/mol. The Kier molecular flexibility index (Phi) is 10.1. The number of hydrogen-bond donors (Lipinski definition) is 0. The molecule has 0 N–H and O–H groups in total. The third-order valence-electron chi connectivity index (χ3n) is 9.65. The fourth-order valence-electron chi connectivity index (χ4n) is 6.90. The zero-order valence-electron chi connectivity index (χ0n) is 29.9. The van der Waals surface area contributed by atoms with Gasteiger partial charge in [0.15, 0.2) is 22.8 Å². The molecule has 10 nitrogen and oxygen atoms in total. The van der Waals surface area contributed by atoms with Crippen LogP contribution in [0.25, 0.3) is 12.2 Å². The molecule has 0 saturated carbocycles. The summed E-state index contributed by atoms with van der Waals surface area (Å²) in [4.78, 5) is 22.7. The number of likely N-dealkylation sites (N-methyl/N-ethyl adjacent to an activating group) is 2. The van der Waals surface area contributed by atoms with Gasteiger partial charge >= 0.3 is 0 Å². The van der Waals surface area contributed by atoms with Crippen molar-refractivity contribution in [1.29, 1.82) is 21.0 Å². The standard InChI is InChI=1S/C40H36N10S2/c1-39(2)25-13-7-9-15-33(25)49(5)35(39)19-27-37(47-31(23-43)29(21-41)45-27)51-17-11-12-18-52-38-28(46-30(22-42)32(24-44)48-38)20-36-40(3,4)26-14-8-10-16-34(26)50(36)6/h7-10,13-16,19-20H,11-12,17-18H2,1-6H3/b35-19-,36-20-. The van der Waals surface area contributed by atoms with Crippen molar-refractivity contribution in [2.75, 3.05) is 35.4 Å². The Bertz CT molecular complexity index is 2150. The highest BCUT2D eigenvalue weighted by molar-refractivity contribution is 7.99. The zero-order chi connectivity index (χ0) is 37.2. The van der Waals surface area contributed by atoms with Crippen molar-refractivity contribution in [2.24, 2.45) is 0 Å². The van der Waals surface area contributed by atoms with E-state index in [1.807, 2.05) is 74.8 Å². The number of hydrogen-bond acceptors (Lipinski definition) is 12. The maximum absolute atomic E-state index is 9.74. The van der Waals surface area contributed by atoms with Crippen LogP contribution >= 0.6 is 23.5 Å². The first-order valence-electron chi connectivity index (χ1n) is 16.8. The zero-order valence-corrected chi connectivity index (χ0v) is 31.5. The van der Waals surface area contributed by atoms with E-state index in [4.69, 9.17) is 0 Å². The molecule has 0 amide bonds. The number of allylic oxidation sites excluding steroid dienone is 2. The Hall–Kier alpha value is -5.66. The normalized spacial score (nSPS) is 16.6. The number of rotatable bonds is 9. The maximum atomic E-state index is 9.74. The fraction of sp³-hybridized carbons (Fsp3) is 0.300. The summed E-state index contributed by atoms with van der Waals surface area (Å²) < 4.78 is 0. The van der Waals surface area contributed by atoms with Gasteiger partial charge in [0, 0.05) is 47.7 Å². The van der Waals surface area contributed by atoms with Crippen LogP contribution in [0.3, 0.4) is 0 Å². The first-order valence-corrected chi connectivity index (χ1v) is 18.7. The fourth-order valence-corrected chi connectivity index (χ4v) is 8.80. The monoisotopic (exact) mass is 720 g/mol. The molecule has 0 atom stereocenters. The van der Waals surface area contributed by atoms with Crippen LogP contribution in [-0.2, 0) is 10.8 Å². The van der Waals surface area contributed by atoms with Gasteiger partial charge in [-0.2, -0.15) is 21.0 Å². The summed E-state index contributed by atoms with van der Waals surface area (Å²) in [5.41, 5.74) is 7.26. The summed E-state index contributed by atoms with van der Waals surface area (Å²) in [7, 11) is 4.05. The Labute approximate surface area is 313 Å². The Morgan fingerprint density at radius 2 is 0.923 bits per heavy atom. The molecule has 4 heterocycles. The number of benzene rings is 2. The quantitative estimate of drug-likeness (QED) is 0.122. The number of anilines is 2. The predicted octanol–water partition coefficient (Wildman–Crippen LogP) is 7.95. The number of nitrogens with zero attached hydrogens (tertiary/aromatic N) is 10. The van der Waals surface area contributed by atoms with Gasteiger partial charge in [0.1, 0.15) is 34.3 Å². The molecule has 0 spiro atoms. The van der Waals surface area contributed by atoms with Gasteiger partial charge in [-0.1, -0.05) is 64.1 Å². The number of aromatic nitrogens is 4. The summed E-state index contributed by atoms with van der Waals surface area (Å²) >= 11 is 3.02. The van der Waals surface area contributed by atoms with Crippen molar-refractivity contribution in [3.8, 4) is 24.3 Å². The second kappa shape index (κ2) is 14.5. The molecule has 0 fully saturated rings. The molecule has 0 unspecified atom stereocenters. The average molecular weight is 721 g/mol. The van der Waals surface area contributed by atoms with Crippen molar-refractivity contribution in [3.63, 3.8) is 0 Å². The summed E-state index contributed by atoms with van der Waals surface area (Å²) in [5, 5.41) is 40.1. The molecule has 2 aliphatic rings. The summed E-state index contributed by atoms with van der Waals surface area (Å²) in [6.07, 6.45) is 5.62. The van der Waals surface area contributed by atoms with E-state index in [1.54, 1.807) is 0 Å². The number of thioether (sulfide) groups is 2. The van der Waals surface area contributed by atoms with Crippen molar-refractivity contribution < 1.29 is 0 Å². The van der Waals surface area contributed by atoms with Gasteiger partial charge < -0.3 is 9.80 Å².